The number of aromatic nitrogens is 1. The van der Waals surface area contributed by atoms with E-state index < -0.39 is 6.10 Å². The molecule has 0 aliphatic heterocycles. The molecule has 0 spiro atoms. The predicted octanol–water partition coefficient (Wildman–Crippen LogP) is 4.04. The molecule has 1 aromatic carbocycles. The molecule has 1 N–H and O–H groups in total. The van der Waals surface area contributed by atoms with Crippen molar-refractivity contribution in [3.8, 4) is 0 Å². The highest BCUT2D eigenvalue weighted by atomic mass is 79.9. The molecule has 0 aliphatic rings. The number of fused-ring (bicyclic) bond motifs is 1. The molecule has 1 aromatic heterocycles. The van der Waals surface area contributed by atoms with Gasteiger partial charge in [-0.15, -0.1) is 0 Å². The first-order valence-corrected chi connectivity index (χ1v) is 6.28. The lowest BCUT2D eigenvalue weighted by Crippen LogP contribution is -1.98. The second-order valence-corrected chi connectivity index (χ2v) is 5.34. The van der Waals surface area contributed by atoms with Crippen molar-refractivity contribution in [2.45, 2.75) is 32.9 Å². The van der Waals surface area contributed by atoms with Gasteiger partial charge in [0.05, 0.1) is 6.10 Å². The summed E-state index contributed by atoms with van der Waals surface area (Å²) in [5.41, 5.74) is 2.17. The number of aliphatic hydroxyl groups is 1. The summed E-state index contributed by atoms with van der Waals surface area (Å²) in [7, 11) is 0. The van der Waals surface area contributed by atoms with E-state index in [1.165, 1.54) is 5.52 Å². The molecule has 0 radical (unpaired) electrons. The maximum Gasteiger partial charge on any atom is 0.0782 e. The van der Waals surface area contributed by atoms with Crippen LogP contribution in [0.15, 0.2) is 28.9 Å². The molecule has 0 amide bonds. The van der Waals surface area contributed by atoms with E-state index in [2.05, 4.69) is 46.5 Å². The second kappa shape index (κ2) is 4.22. The first kappa shape index (κ1) is 11.7. The molecule has 2 rings (SSSR count). The van der Waals surface area contributed by atoms with Gasteiger partial charge < -0.3 is 9.67 Å². The quantitative estimate of drug-likeness (QED) is 0.883. The van der Waals surface area contributed by atoms with Gasteiger partial charge in [0.25, 0.3) is 0 Å². The molecule has 2 nitrogen and oxygen atoms in total. The average Bonchev–Trinajstić information content (AvgIpc) is 2.56. The van der Waals surface area contributed by atoms with Crippen LogP contribution in [0.1, 0.15) is 38.5 Å². The maximum atomic E-state index is 9.78. The van der Waals surface area contributed by atoms with Gasteiger partial charge in [-0.3, -0.25) is 0 Å². The van der Waals surface area contributed by atoms with Gasteiger partial charge in [0, 0.05) is 33.2 Å². The Morgan fingerprint density at radius 2 is 1.94 bits per heavy atom. The van der Waals surface area contributed by atoms with Crippen LogP contribution in [-0.2, 0) is 0 Å². The summed E-state index contributed by atoms with van der Waals surface area (Å²) in [4.78, 5) is 0. The average molecular weight is 282 g/mol. The standard InChI is InChI=1S/C13H16BrNO/c1-8(2)15-7-12(9(3)16)11-6-10(14)4-5-13(11)15/h4-9,16H,1-3H3. The minimum absolute atomic E-state index is 0.399. The van der Waals surface area contributed by atoms with Crippen molar-refractivity contribution in [1.29, 1.82) is 0 Å². The van der Waals surface area contributed by atoms with Gasteiger partial charge in [0.1, 0.15) is 0 Å². The molecule has 1 heterocycles. The van der Waals surface area contributed by atoms with Gasteiger partial charge in [0.2, 0.25) is 0 Å². The molecule has 0 aliphatic carbocycles. The van der Waals surface area contributed by atoms with Crippen LogP contribution in [0.25, 0.3) is 10.9 Å². The van der Waals surface area contributed by atoms with Crippen molar-refractivity contribution >= 4 is 26.8 Å². The van der Waals surface area contributed by atoms with Crippen LogP contribution in [0, 0.1) is 0 Å². The summed E-state index contributed by atoms with van der Waals surface area (Å²) in [6.45, 7) is 6.10. The van der Waals surface area contributed by atoms with E-state index in [-0.39, 0.29) is 0 Å². The Balaban J connectivity index is 2.76. The maximum absolute atomic E-state index is 9.78. The molecule has 3 heteroatoms. The number of aliphatic hydroxyl groups excluding tert-OH is 1. The number of benzene rings is 1. The van der Waals surface area contributed by atoms with Crippen LogP contribution in [0.2, 0.25) is 0 Å². The largest absolute Gasteiger partial charge is 0.389 e. The number of hydrogen-bond donors (Lipinski definition) is 1. The SMILES string of the molecule is CC(O)c1cn(C(C)C)c2ccc(Br)cc12. The number of nitrogens with zero attached hydrogens (tertiary/aromatic N) is 1. The number of rotatable bonds is 2. The van der Waals surface area contributed by atoms with Crippen molar-refractivity contribution in [2.24, 2.45) is 0 Å². The molecule has 2 aromatic rings. The highest BCUT2D eigenvalue weighted by Crippen LogP contribution is 2.30. The molecule has 1 atom stereocenters. The highest BCUT2D eigenvalue weighted by molar-refractivity contribution is 9.10. The zero-order chi connectivity index (χ0) is 11.9. The molecule has 0 saturated heterocycles. The first-order valence-electron chi connectivity index (χ1n) is 5.48. The van der Waals surface area contributed by atoms with Crippen LogP contribution < -0.4 is 0 Å². The minimum Gasteiger partial charge on any atom is -0.389 e. The van der Waals surface area contributed by atoms with Crippen LogP contribution >= 0.6 is 15.9 Å². The molecular formula is C13H16BrNO. The third-order valence-corrected chi connectivity index (χ3v) is 3.33. The van der Waals surface area contributed by atoms with Crippen LogP contribution in [0.4, 0.5) is 0 Å². The fourth-order valence-corrected chi connectivity index (χ4v) is 2.37. The molecule has 86 valence electrons. The lowest BCUT2D eigenvalue weighted by Gasteiger charge is -2.08. The van der Waals surface area contributed by atoms with E-state index in [9.17, 15) is 5.11 Å². The van der Waals surface area contributed by atoms with E-state index in [0.717, 1.165) is 15.4 Å². The van der Waals surface area contributed by atoms with Crippen LogP contribution in [-0.4, -0.2) is 9.67 Å². The van der Waals surface area contributed by atoms with Gasteiger partial charge in [0.15, 0.2) is 0 Å². The van der Waals surface area contributed by atoms with Crippen molar-refractivity contribution in [3.63, 3.8) is 0 Å². The summed E-state index contributed by atoms with van der Waals surface area (Å²) in [5, 5.41) is 10.9. The Bertz CT molecular complexity index is 514. The highest BCUT2D eigenvalue weighted by Gasteiger charge is 2.13. The first-order chi connectivity index (χ1) is 7.50. The van der Waals surface area contributed by atoms with Gasteiger partial charge >= 0.3 is 0 Å². The Morgan fingerprint density at radius 3 is 2.50 bits per heavy atom. The van der Waals surface area contributed by atoms with E-state index in [4.69, 9.17) is 0 Å². The van der Waals surface area contributed by atoms with Crippen molar-refractivity contribution < 1.29 is 5.11 Å². The Kier molecular flexibility index (Phi) is 3.08. The normalized spacial score (nSPS) is 13.6. The smallest absolute Gasteiger partial charge is 0.0782 e. The van der Waals surface area contributed by atoms with E-state index in [0.29, 0.717) is 6.04 Å². The lowest BCUT2D eigenvalue weighted by molar-refractivity contribution is 0.200. The monoisotopic (exact) mass is 281 g/mol. The zero-order valence-corrected chi connectivity index (χ0v) is 11.3. The summed E-state index contributed by atoms with van der Waals surface area (Å²) >= 11 is 3.47. The summed E-state index contributed by atoms with van der Waals surface area (Å²) in [5.74, 6) is 0. The van der Waals surface area contributed by atoms with E-state index in [1.54, 1.807) is 6.92 Å². The van der Waals surface area contributed by atoms with Gasteiger partial charge in [-0.25, -0.2) is 0 Å². The Morgan fingerprint density at radius 1 is 1.25 bits per heavy atom. The van der Waals surface area contributed by atoms with Crippen molar-refractivity contribution in [1.82, 2.24) is 4.57 Å². The van der Waals surface area contributed by atoms with Crippen LogP contribution in [0.5, 0.6) is 0 Å². The molecule has 0 bridgehead atoms. The molecular weight excluding hydrogens is 266 g/mol. The number of hydrogen-bond acceptors (Lipinski definition) is 1. The Hall–Kier alpha value is -0.800. The zero-order valence-electron chi connectivity index (χ0n) is 9.74. The van der Waals surface area contributed by atoms with Crippen molar-refractivity contribution in [2.75, 3.05) is 0 Å². The summed E-state index contributed by atoms with van der Waals surface area (Å²) in [6, 6.07) is 6.59. The molecule has 1 unspecified atom stereocenters. The Labute approximate surface area is 104 Å². The molecule has 0 fully saturated rings. The fourth-order valence-electron chi connectivity index (χ4n) is 2.01. The van der Waals surface area contributed by atoms with Gasteiger partial charge in [-0.05, 0) is 39.0 Å². The molecule has 0 saturated carbocycles. The van der Waals surface area contributed by atoms with E-state index >= 15 is 0 Å². The topological polar surface area (TPSA) is 25.2 Å². The summed E-state index contributed by atoms with van der Waals surface area (Å²) < 4.78 is 3.24. The van der Waals surface area contributed by atoms with Gasteiger partial charge in [-0.2, -0.15) is 0 Å². The number of halogens is 1. The lowest BCUT2D eigenvalue weighted by atomic mass is 10.1. The van der Waals surface area contributed by atoms with Crippen LogP contribution in [0.3, 0.4) is 0 Å². The third kappa shape index (κ3) is 1.89. The molecule has 16 heavy (non-hydrogen) atoms. The third-order valence-electron chi connectivity index (χ3n) is 2.83. The van der Waals surface area contributed by atoms with Crippen molar-refractivity contribution in [3.05, 3.63) is 34.4 Å². The fraction of sp³-hybridized carbons (Fsp3) is 0.385. The minimum atomic E-state index is -0.434. The van der Waals surface area contributed by atoms with Gasteiger partial charge in [-0.1, -0.05) is 15.9 Å². The van der Waals surface area contributed by atoms with E-state index in [1.807, 2.05) is 12.3 Å². The second-order valence-electron chi connectivity index (χ2n) is 4.42. The predicted molar refractivity (Wildman–Crippen MR) is 70.7 cm³/mol. The summed E-state index contributed by atoms with van der Waals surface area (Å²) in [6.07, 6.45) is 1.61.